The topological polar surface area (TPSA) is 144 Å². The molecule has 0 spiro atoms. The van der Waals surface area contributed by atoms with Gasteiger partial charge in [0.25, 0.3) is 23.2 Å². The molecule has 12 heteroatoms. The van der Waals surface area contributed by atoms with E-state index in [9.17, 15) is 29.8 Å². The Morgan fingerprint density at radius 1 is 0.824 bits per heavy atom. The molecule has 2 amide bonds. The van der Waals surface area contributed by atoms with Crippen molar-refractivity contribution in [3.63, 3.8) is 0 Å². The van der Waals surface area contributed by atoms with E-state index in [1.807, 2.05) is 0 Å². The van der Waals surface area contributed by atoms with Gasteiger partial charge in [0.1, 0.15) is 5.70 Å². The standard InChI is InChI=1S/C22H14Cl2N4O6/c23-17-9-8-15(28(33)34)12-16(17)21(29)26-20(11-13-4-3-5-14(10-13)27(31)32)22(30)25-19-7-2-1-6-18(19)24/h1-12H,(H,25,30)(H,26,29). The van der Waals surface area contributed by atoms with Crippen molar-refractivity contribution in [3.8, 4) is 0 Å². The van der Waals surface area contributed by atoms with E-state index in [2.05, 4.69) is 10.6 Å². The SMILES string of the molecule is O=C(Nc1ccccc1Cl)C(=Cc1cccc([N+](=O)[O-])c1)NC(=O)c1cc([N+](=O)[O-])ccc1Cl. The van der Waals surface area contributed by atoms with E-state index in [-0.39, 0.29) is 43.9 Å². The second kappa shape index (κ2) is 10.6. The second-order valence-electron chi connectivity index (χ2n) is 6.72. The highest BCUT2D eigenvalue weighted by molar-refractivity contribution is 6.34. The van der Waals surface area contributed by atoms with Gasteiger partial charge in [-0.3, -0.25) is 29.8 Å². The third kappa shape index (κ3) is 5.94. The molecule has 3 aromatic rings. The fourth-order valence-corrected chi connectivity index (χ4v) is 3.18. The summed E-state index contributed by atoms with van der Waals surface area (Å²) in [6.07, 6.45) is 1.21. The Kier molecular flexibility index (Phi) is 7.57. The van der Waals surface area contributed by atoms with Crippen LogP contribution in [0.4, 0.5) is 17.1 Å². The van der Waals surface area contributed by atoms with Crippen molar-refractivity contribution in [3.05, 3.63) is 114 Å². The molecule has 0 unspecified atom stereocenters. The zero-order valence-electron chi connectivity index (χ0n) is 17.0. The second-order valence-corrected chi connectivity index (χ2v) is 7.53. The Labute approximate surface area is 202 Å². The summed E-state index contributed by atoms with van der Waals surface area (Å²) in [6.45, 7) is 0. The molecule has 3 aromatic carbocycles. The third-order valence-corrected chi connectivity index (χ3v) is 5.07. The summed E-state index contributed by atoms with van der Waals surface area (Å²) in [6, 6.07) is 15.0. The minimum atomic E-state index is -0.903. The molecule has 172 valence electrons. The monoisotopic (exact) mass is 500 g/mol. The normalized spacial score (nSPS) is 10.9. The number of anilines is 1. The molecular formula is C22H14Cl2N4O6. The number of non-ortho nitro benzene ring substituents is 2. The molecule has 0 aliphatic rings. The Hall–Kier alpha value is -4.28. The number of nitrogens with one attached hydrogen (secondary N) is 2. The Bertz CT molecular complexity index is 1340. The smallest absolute Gasteiger partial charge is 0.272 e. The number of hydrogen-bond acceptors (Lipinski definition) is 6. The highest BCUT2D eigenvalue weighted by Gasteiger charge is 2.20. The van der Waals surface area contributed by atoms with E-state index in [1.54, 1.807) is 18.2 Å². The quantitative estimate of drug-likeness (QED) is 0.258. The van der Waals surface area contributed by atoms with Crippen molar-refractivity contribution in [2.24, 2.45) is 0 Å². The molecule has 34 heavy (non-hydrogen) atoms. The molecule has 0 aromatic heterocycles. The van der Waals surface area contributed by atoms with Crippen molar-refractivity contribution in [1.29, 1.82) is 0 Å². The number of nitrogens with zero attached hydrogens (tertiary/aromatic N) is 2. The Balaban J connectivity index is 2.00. The van der Waals surface area contributed by atoms with Crippen LogP contribution in [-0.2, 0) is 4.79 Å². The lowest BCUT2D eigenvalue weighted by atomic mass is 10.1. The van der Waals surface area contributed by atoms with Gasteiger partial charge < -0.3 is 10.6 Å². The molecule has 0 saturated carbocycles. The number of nitro benzene ring substituents is 2. The predicted octanol–water partition coefficient (Wildman–Crippen LogP) is 5.22. The lowest BCUT2D eigenvalue weighted by Gasteiger charge is -2.13. The van der Waals surface area contributed by atoms with Gasteiger partial charge in [0.05, 0.1) is 31.1 Å². The maximum Gasteiger partial charge on any atom is 0.272 e. The van der Waals surface area contributed by atoms with E-state index in [4.69, 9.17) is 23.2 Å². The van der Waals surface area contributed by atoms with Gasteiger partial charge in [0.15, 0.2) is 0 Å². The first kappa shape index (κ1) is 24.4. The highest BCUT2D eigenvalue weighted by Crippen LogP contribution is 2.24. The van der Waals surface area contributed by atoms with Gasteiger partial charge in [0.2, 0.25) is 0 Å². The summed E-state index contributed by atoms with van der Waals surface area (Å²) in [5.74, 6) is -1.70. The van der Waals surface area contributed by atoms with Crippen LogP contribution in [-0.4, -0.2) is 21.7 Å². The van der Waals surface area contributed by atoms with Crippen LogP contribution >= 0.6 is 23.2 Å². The molecule has 0 fully saturated rings. The molecule has 0 bridgehead atoms. The lowest BCUT2D eigenvalue weighted by molar-refractivity contribution is -0.385. The Morgan fingerprint density at radius 2 is 1.50 bits per heavy atom. The number of carbonyl (C=O) groups is 2. The van der Waals surface area contributed by atoms with Crippen molar-refractivity contribution < 1.29 is 19.4 Å². The number of halogens is 2. The fraction of sp³-hybridized carbons (Fsp3) is 0. The van der Waals surface area contributed by atoms with Crippen molar-refractivity contribution in [2.45, 2.75) is 0 Å². The highest BCUT2D eigenvalue weighted by atomic mass is 35.5. The number of para-hydroxylation sites is 1. The first-order valence-electron chi connectivity index (χ1n) is 9.43. The average Bonchev–Trinajstić information content (AvgIpc) is 2.80. The molecule has 0 radical (unpaired) electrons. The molecule has 0 heterocycles. The van der Waals surface area contributed by atoms with Crippen LogP contribution in [0.5, 0.6) is 0 Å². The van der Waals surface area contributed by atoms with E-state index in [1.165, 1.54) is 42.5 Å². The van der Waals surface area contributed by atoms with E-state index in [0.29, 0.717) is 0 Å². The largest absolute Gasteiger partial charge is 0.319 e. The van der Waals surface area contributed by atoms with Crippen LogP contribution in [0.25, 0.3) is 6.08 Å². The minimum Gasteiger partial charge on any atom is -0.319 e. The molecule has 0 atom stereocenters. The van der Waals surface area contributed by atoms with Crippen molar-refractivity contribution >= 4 is 58.2 Å². The zero-order valence-corrected chi connectivity index (χ0v) is 18.5. The van der Waals surface area contributed by atoms with Crippen LogP contribution < -0.4 is 10.6 Å². The van der Waals surface area contributed by atoms with Crippen LogP contribution in [0, 0.1) is 20.2 Å². The van der Waals surface area contributed by atoms with Crippen LogP contribution in [0.3, 0.4) is 0 Å². The lowest BCUT2D eigenvalue weighted by Crippen LogP contribution is -2.31. The molecule has 3 rings (SSSR count). The van der Waals surface area contributed by atoms with Gasteiger partial charge in [-0.2, -0.15) is 0 Å². The van der Waals surface area contributed by atoms with Crippen LogP contribution in [0.1, 0.15) is 15.9 Å². The summed E-state index contributed by atoms with van der Waals surface area (Å²) in [5.41, 5.74) is -0.669. The maximum absolute atomic E-state index is 13.0. The minimum absolute atomic E-state index is 0.0793. The molecular weight excluding hydrogens is 487 g/mol. The number of amides is 2. The summed E-state index contributed by atoms with van der Waals surface area (Å²) >= 11 is 12.1. The molecule has 0 saturated heterocycles. The van der Waals surface area contributed by atoms with Gasteiger partial charge >= 0.3 is 0 Å². The van der Waals surface area contributed by atoms with Gasteiger partial charge in [0, 0.05) is 24.3 Å². The average molecular weight is 501 g/mol. The Morgan fingerprint density at radius 3 is 2.18 bits per heavy atom. The summed E-state index contributed by atoms with van der Waals surface area (Å²) < 4.78 is 0. The molecule has 0 aliphatic carbocycles. The van der Waals surface area contributed by atoms with E-state index >= 15 is 0 Å². The van der Waals surface area contributed by atoms with Crippen LogP contribution in [0.15, 0.2) is 72.4 Å². The zero-order chi connectivity index (χ0) is 24.8. The van der Waals surface area contributed by atoms with Gasteiger partial charge in [-0.05, 0) is 29.8 Å². The summed E-state index contributed by atoms with van der Waals surface area (Å²) in [5, 5.41) is 27.2. The number of hydrogen-bond donors (Lipinski definition) is 2. The fourth-order valence-electron chi connectivity index (χ4n) is 2.80. The number of rotatable bonds is 7. The molecule has 0 aliphatic heterocycles. The third-order valence-electron chi connectivity index (χ3n) is 4.41. The number of benzene rings is 3. The van der Waals surface area contributed by atoms with Gasteiger partial charge in [-0.1, -0.05) is 47.5 Å². The molecule has 10 nitrogen and oxygen atoms in total. The summed E-state index contributed by atoms with van der Waals surface area (Å²) in [4.78, 5) is 46.7. The predicted molar refractivity (Wildman–Crippen MR) is 127 cm³/mol. The van der Waals surface area contributed by atoms with Gasteiger partial charge in [-0.25, -0.2) is 0 Å². The summed E-state index contributed by atoms with van der Waals surface area (Å²) in [7, 11) is 0. The van der Waals surface area contributed by atoms with E-state index in [0.717, 1.165) is 12.1 Å². The number of carbonyl (C=O) groups excluding carboxylic acids is 2. The maximum atomic E-state index is 13.0. The molecule has 2 N–H and O–H groups in total. The van der Waals surface area contributed by atoms with Gasteiger partial charge in [-0.15, -0.1) is 0 Å². The first-order chi connectivity index (χ1) is 16.2. The first-order valence-corrected chi connectivity index (χ1v) is 10.2. The number of nitro groups is 2. The van der Waals surface area contributed by atoms with E-state index < -0.39 is 21.7 Å². The van der Waals surface area contributed by atoms with Crippen LogP contribution in [0.2, 0.25) is 10.0 Å². The van der Waals surface area contributed by atoms with Crippen molar-refractivity contribution in [1.82, 2.24) is 5.32 Å². The van der Waals surface area contributed by atoms with Crippen molar-refractivity contribution in [2.75, 3.05) is 5.32 Å².